The van der Waals surface area contributed by atoms with Crippen molar-refractivity contribution in [1.82, 2.24) is 10.6 Å². The Morgan fingerprint density at radius 1 is 1.11 bits per heavy atom. The zero-order chi connectivity index (χ0) is 14.0. The number of urea groups is 1. The monoisotopic (exact) mass is 272 g/mol. The molecule has 2 saturated carbocycles. The Kier molecular flexibility index (Phi) is 3.96. The van der Waals surface area contributed by atoms with E-state index in [0.717, 1.165) is 0 Å². The first-order chi connectivity index (χ1) is 8.85. The van der Waals surface area contributed by atoms with Crippen LogP contribution in [-0.2, 0) is 4.79 Å². The maximum atomic E-state index is 13.3. The molecule has 0 unspecified atom stereocenters. The van der Waals surface area contributed by atoms with Crippen LogP contribution in [0.5, 0.6) is 0 Å². The molecule has 2 rings (SSSR count). The molecule has 2 aliphatic carbocycles. The van der Waals surface area contributed by atoms with Gasteiger partial charge in [-0.1, -0.05) is 0 Å². The minimum atomic E-state index is -1.14. The molecule has 0 aromatic rings. The van der Waals surface area contributed by atoms with Crippen LogP contribution in [0, 0.1) is 5.92 Å². The molecule has 0 aliphatic heterocycles. The number of hydrogen-bond donors (Lipinski definition) is 3. The van der Waals surface area contributed by atoms with Crippen molar-refractivity contribution >= 4 is 12.0 Å². The van der Waals surface area contributed by atoms with Gasteiger partial charge in [0.15, 0.2) is 0 Å². The standard InChI is InChI=1S/C13H21FN2O3/c1-13(14)6-10(7-13)16-12(19)15-9-4-2-8(3-5-9)11(17)18/h8-10H,2-7H2,1H3,(H,17,18)(H2,15,16,19). The smallest absolute Gasteiger partial charge is 0.315 e. The predicted octanol–water partition coefficient (Wildman–Crippen LogP) is 1.82. The van der Waals surface area contributed by atoms with Gasteiger partial charge < -0.3 is 15.7 Å². The highest BCUT2D eigenvalue weighted by atomic mass is 19.1. The predicted molar refractivity (Wildman–Crippen MR) is 67.6 cm³/mol. The SMILES string of the molecule is CC1(F)CC(NC(=O)NC2CCC(C(=O)O)CC2)C1. The van der Waals surface area contributed by atoms with Crippen LogP contribution in [-0.4, -0.2) is 34.9 Å². The Morgan fingerprint density at radius 2 is 1.63 bits per heavy atom. The molecular formula is C13H21FN2O3. The van der Waals surface area contributed by atoms with Crippen LogP contribution in [0.2, 0.25) is 0 Å². The third-order valence-electron chi connectivity index (χ3n) is 4.09. The Balaban J connectivity index is 1.65. The first-order valence-electron chi connectivity index (χ1n) is 6.84. The van der Waals surface area contributed by atoms with Gasteiger partial charge in [-0.15, -0.1) is 0 Å². The summed E-state index contributed by atoms with van der Waals surface area (Å²) in [5.74, 6) is -1.03. The summed E-state index contributed by atoms with van der Waals surface area (Å²) in [7, 11) is 0. The van der Waals surface area contributed by atoms with Gasteiger partial charge in [0.25, 0.3) is 0 Å². The van der Waals surface area contributed by atoms with Gasteiger partial charge in [-0.05, 0) is 32.6 Å². The quantitative estimate of drug-likeness (QED) is 0.733. The van der Waals surface area contributed by atoms with Crippen molar-refractivity contribution in [3.63, 3.8) is 0 Å². The fourth-order valence-corrected chi connectivity index (χ4v) is 2.97. The lowest BCUT2D eigenvalue weighted by Gasteiger charge is -2.39. The van der Waals surface area contributed by atoms with Crippen molar-refractivity contribution in [2.24, 2.45) is 5.92 Å². The summed E-state index contributed by atoms with van der Waals surface area (Å²) in [6, 6.07) is -0.308. The normalized spacial score (nSPS) is 38.1. The average molecular weight is 272 g/mol. The van der Waals surface area contributed by atoms with Crippen LogP contribution >= 0.6 is 0 Å². The molecule has 0 spiro atoms. The number of halogens is 1. The number of alkyl halides is 1. The van der Waals surface area contributed by atoms with Crippen LogP contribution in [0.3, 0.4) is 0 Å². The van der Waals surface area contributed by atoms with Crippen molar-refractivity contribution < 1.29 is 19.1 Å². The van der Waals surface area contributed by atoms with E-state index in [1.165, 1.54) is 6.92 Å². The Morgan fingerprint density at radius 3 is 2.11 bits per heavy atom. The second-order valence-electron chi connectivity index (χ2n) is 6.02. The first kappa shape index (κ1) is 14.1. The molecule has 6 heteroatoms. The summed E-state index contributed by atoms with van der Waals surface area (Å²) < 4.78 is 13.3. The topological polar surface area (TPSA) is 78.4 Å². The maximum Gasteiger partial charge on any atom is 0.315 e. The molecule has 2 amide bonds. The van der Waals surface area contributed by atoms with Gasteiger partial charge >= 0.3 is 12.0 Å². The molecule has 0 bridgehead atoms. The second kappa shape index (κ2) is 5.35. The molecule has 0 aromatic heterocycles. The van der Waals surface area contributed by atoms with E-state index in [2.05, 4.69) is 10.6 Å². The van der Waals surface area contributed by atoms with Gasteiger partial charge in [-0.25, -0.2) is 9.18 Å². The number of carbonyl (C=O) groups excluding carboxylic acids is 1. The summed E-state index contributed by atoms with van der Waals surface area (Å²) in [5.41, 5.74) is -1.14. The lowest BCUT2D eigenvalue weighted by atomic mass is 9.79. The lowest BCUT2D eigenvalue weighted by molar-refractivity contribution is -0.142. The summed E-state index contributed by atoms with van der Waals surface area (Å²) in [6.07, 6.45) is 3.32. The number of nitrogens with one attached hydrogen (secondary N) is 2. The Bertz CT molecular complexity index is 357. The highest BCUT2D eigenvalue weighted by Gasteiger charge is 2.41. The van der Waals surface area contributed by atoms with Gasteiger partial charge in [0.2, 0.25) is 0 Å². The minimum absolute atomic E-state index is 0.0347. The maximum absolute atomic E-state index is 13.3. The summed E-state index contributed by atoms with van der Waals surface area (Å²) in [5, 5.41) is 14.5. The second-order valence-corrected chi connectivity index (χ2v) is 6.02. The molecule has 0 aromatic carbocycles. The molecule has 0 heterocycles. The van der Waals surface area contributed by atoms with Gasteiger partial charge in [0.1, 0.15) is 5.67 Å². The van der Waals surface area contributed by atoms with Gasteiger partial charge in [-0.3, -0.25) is 4.79 Å². The van der Waals surface area contributed by atoms with Crippen molar-refractivity contribution in [3.8, 4) is 0 Å². The fraction of sp³-hybridized carbons (Fsp3) is 0.846. The molecule has 0 atom stereocenters. The van der Waals surface area contributed by atoms with E-state index in [4.69, 9.17) is 5.11 Å². The zero-order valence-corrected chi connectivity index (χ0v) is 11.1. The molecule has 108 valence electrons. The minimum Gasteiger partial charge on any atom is -0.481 e. The summed E-state index contributed by atoms with van der Waals surface area (Å²) in [4.78, 5) is 22.5. The van der Waals surface area contributed by atoms with E-state index in [1.807, 2.05) is 0 Å². The Hall–Kier alpha value is -1.33. The lowest BCUT2D eigenvalue weighted by Crippen LogP contribution is -2.55. The van der Waals surface area contributed by atoms with Crippen molar-refractivity contribution in [2.75, 3.05) is 0 Å². The van der Waals surface area contributed by atoms with E-state index in [-0.39, 0.29) is 24.0 Å². The van der Waals surface area contributed by atoms with Crippen LogP contribution in [0.15, 0.2) is 0 Å². The van der Waals surface area contributed by atoms with Gasteiger partial charge in [-0.2, -0.15) is 0 Å². The largest absolute Gasteiger partial charge is 0.481 e. The molecule has 19 heavy (non-hydrogen) atoms. The number of carboxylic acid groups (broad SMARTS) is 1. The van der Waals surface area contributed by atoms with E-state index in [9.17, 15) is 14.0 Å². The van der Waals surface area contributed by atoms with Crippen LogP contribution in [0.25, 0.3) is 0 Å². The highest BCUT2D eigenvalue weighted by Crippen LogP contribution is 2.35. The van der Waals surface area contributed by atoms with Crippen molar-refractivity contribution in [1.29, 1.82) is 0 Å². The Labute approximate surface area is 111 Å². The number of hydrogen-bond acceptors (Lipinski definition) is 2. The van der Waals surface area contributed by atoms with E-state index in [0.29, 0.717) is 38.5 Å². The van der Waals surface area contributed by atoms with E-state index < -0.39 is 11.6 Å². The summed E-state index contributed by atoms with van der Waals surface area (Å²) >= 11 is 0. The molecule has 3 N–H and O–H groups in total. The number of carboxylic acids is 1. The molecule has 2 fully saturated rings. The molecule has 0 saturated heterocycles. The van der Waals surface area contributed by atoms with Gasteiger partial charge in [0.05, 0.1) is 5.92 Å². The number of carbonyl (C=O) groups is 2. The van der Waals surface area contributed by atoms with Gasteiger partial charge in [0, 0.05) is 24.9 Å². The number of aliphatic carboxylic acids is 1. The van der Waals surface area contributed by atoms with Crippen molar-refractivity contribution in [3.05, 3.63) is 0 Å². The third-order valence-corrected chi connectivity index (χ3v) is 4.09. The number of rotatable bonds is 3. The van der Waals surface area contributed by atoms with E-state index in [1.54, 1.807) is 0 Å². The number of amides is 2. The van der Waals surface area contributed by atoms with Crippen LogP contribution < -0.4 is 10.6 Å². The average Bonchev–Trinajstić information content (AvgIpc) is 2.27. The zero-order valence-electron chi connectivity index (χ0n) is 11.1. The summed E-state index contributed by atoms with van der Waals surface area (Å²) in [6.45, 7) is 1.54. The fourth-order valence-electron chi connectivity index (χ4n) is 2.97. The van der Waals surface area contributed by atoms with Crippen LogP contribution in [0.1, 0.15) is 45.4 Å². The third kappa shape index (κ3) is 3.81. The molecule has 5 nitrogen and oxygen atoms in total. The van der Waals surface area contributed by atoms with E-state index >= 15 is 0 Å². The molecule has 2 aliphatic rings. The van der Waals surface area contributed by atoms with Crippen LogP contribution in [0.4, 0.5) is 9.18 Å². The molecular weight excluding hydrogens is 251 g/mol. The first-order valence-corrected chi connectivity index (χ1v) is 6.84. The molecule has 0 radical (unpaired) electrons. The highest BCUT2D eigenvalue weighted by molar-refractivity contribution is 5.75. The van der Waals surface area contributed by atoms with Crippen molar-refractivity contribution in [2.45, 2.75) is 63.2 Å².